The number of guanidine groups is 2. The van der Waals surface area contributed by atoms with E-state index in [9.17, 15) is 17.1 Å². The van der Waals surface area contributed by atoms with Crippen molar-refractivity contribution in [3.8, 4) is 5.75 Å². The molecule has 0 aromatic heterocycles. The molecule has 0 spiro atoms. The molecule has 11 nitrogen and oxygen atoms in total. The van der Waals surface area contributed by atoms with Gasteiger partial charge in [0.15, 0.2) is 0 Å². The number of hydrogen-bond acceptors (Lipinski definition) is 9. The van der Waals surface area contributed by atoms with Gasteiger partial charge in [0.05, 0.1) is 11.6 Å². The normalized spacial score (nSPS) is 15.1. The van der Waals surface area contributed by atoms with Crippen molar-refractivity contribution in [2.75, 3.05) is 23.4 Å². The first-order valence-corrected chi connectivity index (χ1v) is 12.1. The summed E-state index contributed by atoms with van der Waals surface area (Å²) in [4.78, 5) is 21.4. The van der Waals surface area contributed by atoms with Crippen LogP contribution in [0.5, 0.6) is 5.75 Å². The minimum absolute atomic E-state index is 0.0957. The summed E-state index contributed by atoms with van der Waals surface area (Å²) in [7, 11) is -4.86. The molecule has 2 aromatic carbocycles. The zero-order valence-corrected chi connectivity index (χ0v) is 20.5. The molecule has 35 heavy (non-hydrogen) atoms. The second kappa shape index (κ2) is 10.4. The van der Waals surface area contributed by atoms with Crippen molar-refractivity contribution in [2.24, 2.45) is 21.5 Å². The predicted octanol–water partition coefficient (Wildman–Crippen LogP) is 2.77. The van der Waals surface area contributed by atoms with Crippen LogP contribution in [0, 0.1) is 0 Å². The second-order valence-corrected chi connectivity index (χ2v) is 9.69. The van der Waals surface area contributed by atoms with Gasteiger partial charge in [-0.3, -0.25) is 4.90 Å². The highest BCUT2D eigenvalue weighted by molar-refractivity contribution is 7.86. The molecule has 0 bridgehead atoms. The van der Waals surface area contributed by atoms with E-state index < -0.39 is 26.8 Å². The quantitative estimate of drug-likeness (QED) is 0.304. The molecule has 188 valence electrons. The van der Waals surface area contributed by atoms with E-state index in [0.29, 0.717) is 22.9 Å². The highest BCUT2D eigenvalue weighted by Gasteiger charge is 2.33. The van der Waals surface area contributed by atoms with E-state index >= 15 is 0 Å². The number of halogens is 2. The molecule has 0 unspecified atom stereocenters. The van der Waals surface area contributed by atoms with E-state index in [-0.39, 0.29) is 30.8 Å². The number of amides is 2. The van der Waals surface area contributed by atoms with Crippen molar-refractivity contribution in [1.29, 1.82) is 0 Å². The van der Waals surface area contributed by atoms with Crippen molar-refractivity contribution in [2.45, 2.75) is 30.8 Å². The fourth-order valence-electron chi connectivity index (χ4n) is 3.35. The van der Waals surface area contributed by atoms with Gasteiger partial charge in [-0.05, 0) is 56.7 Å². The maximum atomic E-state index is 13.1. The van der Waals surface area contributed by atoms with Gasteiger partial charge in [-0.2, -0.15) is 13.4 Å². The van der Waals surface area contributed by atoms with Gasteiger partial charge in [0, 0.05) is 17.9 Å². The van der Waals surface area contributed by atoms with Gasteiger partial charge in [-0.15, -0.1) is 3.89 Å². The van der Waals surface area contributed by atoms with Crippen molar-refractivity contribution in [1.82, 2.24) is 5.32 Å². The van der Waals surface area contributed by atoms with Crippen molar-refractivity contribution < 1.29 is 21.8 Å². The molecule has 1 heterocycles. The van der Waals surface area contributed by atoms with Gasteiger partial charge >= 0.3 is 16.3 Å². The summed E-state index contributed by atoms with van der Waals surface area (Å²) in [6.07, 6.45) is 0.456. The first-order chi connectivity index (χ1) is 16.4. The standard InChI is InChI=1S/C21H25ClFN7O4S/c1-21(2)29-18(24)28-19(25)30(21)14-7-8-17(16(22)12-14)34-10-4-9-26-20(31)27-13-5-3-6-15(11-13)35(23,32)33/h3,5-8,11-12H,4,9-10H2,1-2H3,(H2,26,27,31)(H4,24,25,28,29). The summed E-state index contributed by atoms with van der Waals surface area (Å²) in [5, 5.41) is 5.38. The fourth-order valence-corrected chi connectivity index (χ4v) is 4.09. The van der Waals surface area contributed by atoms with Gasteiger partial charge < -0.3 is 26.8 Å². The monoisotopic (exact) mass is 525 g/mol. The Balaban J connectivity index is 1.48. The number of hydrogen-bond donors (Lipinski definition) is 4. The Kier molecular flexibility index (Phi) is 7.70. The second-order valence-electron chi connectivity index (χ2n) is 7.93. The Morgan fingerprint density at radius 1 is 1.23 bits per heavy atom. The minimum Gasteiger partial charge on any atom is -0.492 e. The summed E-state index contributed by atoms with van der Waals surface area (Å²) in [6.45, 7) is 4.19. The minimum atomic E-state index is -4.86. The van der Waals surface area contributed by atoms with Gasteiger partial charge in [0.25, 0.3) is 0 Å². The van der Waals surface area contributed by atoms with Crippen LogP contribution < -0.4 is 31.7 Å². The third-order valence-electron chi connectivity index (χ3n) is 4.80. The lowest BCUT2D eigenvalue weighted by atomic mass is 10.1. The molecule has 1 aliphatic heterocycles. The lowest BCUT2D eigenvalue weighted by Gasteiger charge is -2.38. The van der Waals surface area contributed by atoms with Gasteiger partial charge in [0.2, 0.25) is 11.9 Å². The molecule has 0 radical (unpaired) electrons. The maximum Gasteiger partial charge on any atom is 0.332 e. The maximum absolute atomic E-state index is 13.1. The van der Waals surface area contributed by atoms with Gasteiger partial charge in [-0.25, -0.2) is 9.79 Å². The summed E-state index contributed by atoms with van der Waals surface area (Å²) in [5.41, 5.74) is 11.8. The number of carbonyl (C=O) groups excluding carboxylic acids is 1. The van der Waals surface area contributed by atoms with Crippen LogP contribution >= 0.6 is 11.6 Å². The van der Waals surface area contributed by atoms with Crippen molar-refractivity contribution >= 4 is 51.1 Å². The van der Waals surface area contributed by atoms with Crippen LogP contribution in [0.1, 0.15) is 20.3 Å². The smallest absolute Gasteiger partial charge is 0.332 e. The highest BCUT2D eigenvalue weighted by atomic mass is 35.5. The van der Waals surface area contributed by atoms with Crippen LogP contribution in [0.15, 0.2) is 57.3 Å². The van der Waals surface area contributed by atoms with E-state index in [1.54, 1.807) is 23.1 Å². The van der Waals surface area contributed by atoms with Crippen molar-refractivity contribution in [3.63, 3.8) is 0 Å². The number of nitrogens with two attached hydrogens (primary N) is 2. The average Bonchev–Trinajstić information content (AvgIpc) is 2.73. The average molecular weight is 526 g/mol. The number of rotatable bonds is 8. The number of anilines is 2. The van der Waals surface area contributed by atoms with Crippen LogP contribution in [-0.2, 0) is 10.2 Å². The number of benzene rings is 2. The van der Waals surface area contributed by atoms with E-state index in [0.717, 1.165) is 12.1 Å². The number of ether oxygens (including phenoxy) is 1. The zero-order valence-electron chi connectivity index (χ0n) is 19.0. The third-order valence-corrected chi connectivity index (χ3v) is 5.92. The van der Waals surface area contributed by atoms with Crippen LogP contribution in [0.25, 0.3) is 0 Å². The molecule has 1 aliphatic rings. The zero-order chi connectivity index (χ0) is 25.8. The Hall–Kier alpha value is -3.58. The highest BCUT2D eigenvalue weighted by Crippen LogP contribution is 2.33. The molecule has 0 saturated carbocycles. The molecular weight excluding hydrogens is 501 g/mol. The molecule has 3 rings (SSSR count). The summed E-state index contributed by atoms with van der Waals surface area (Å²) >= 11 is 6.37. The van der Waals surface area contributed by atoms with Crippen LogP contribution in [0.2, 0.25) is 5.02 Å². The largest absolute Gasteiger partial charge is 0.492 e. The number of nitrogens with zero attached hydrogens (tertiary/aromatic N) is 3. The van der Waals surface area contributed by atoms with E-state index in [1.165, 1.54) is 12.1 Å². The third kappa shape index (κ3) is 6.73. The summed E-state index contributed by atoms with van der Waals surface area (Å²) in [5.74, 6) is 0.727. The van der Waals surface area contributed by atoms with Crippen LogP contribution in [-0.4, -0.2) is 45.2 Å². The number of nitrogens with one attached hydrogen (secondary N) is 2. The summed E-state index contributed by atoms with van der Waals surface area (Å²) < 4.78 is 40.7. The molecular formula is C21H25ClFN7O4S. The molecule has 2 amide bonds. The van der Waals surface area contributed by atoms with E-state index in [2.05, 4.69) is 20.6 Å². The molecule has 0 fully saturated rings. The first-order valence-electron chi connectivity index (χ1n) is 10.4. The van der Waals surface area contributed by atoms with E-state index in [4.69, 9.17) is 27.8 Å². The number of aliphatic imine (C=N–C) groups is 2. The Morgan fingerprint density at radius 2 is 1.97 bits per heavy atom. The van der Waals surface area contributed by atoms with Gasteiger partial charge in [-0.1, -0.05) is 17.7 Å². The Labute approximate surface area is 207 Å². The molecule has 6 N–H and O–H groups in total. The number of carbonyl (C=O) groups is 1. The predicted molar refractivity (Wildman–Crippen MR) is 133 cm³/mol. The van der Waals surface area contributed by atoms with Crippen molar-refractivity contribution in [3.05, 3.63) is 47.5 Å². The van der Waals surface area contributed by atoms with Gasteiger partial charge in [0.1, 0.15) is 16.3 Å². The number of urea groups is 1. The SMILES string of the molecule is CC1(C)N=C(N)N=C(N)N1c1ccc(OCCCNC(=O)Nc2cccc(S(=O)(=O)F)c2)c(Cl)c1. The lowest BCUT2D eigenvalue weighted by molar-refractivity contribution is 0.250. The summed E-state index contributed by atoms with van der Waals surface area (Å²) in [6, 6.07) is 9.43. The molecule has 0 atom stereocenters. The Bertz CT molecular complexity index is 1280. The van der Waals surface area contributed by atoms with Crippen LogP contribution in [0.3, 0.4) is 0 Å². The topological polar surface area (TPSA) is 164 Å². The van der Waals surface area contributed by atoms with Crippen LogP contribution in [0.4, 0.5) is 20.1 Å². The molecule has 2 aromatic rings. The molecule has 0 aliphatic carbocycles. The first kappa shape index (κ1) is 26.0. The van der Waals surface area contributed by atoms with E-state index in [1.807, 2.05) is 13.8 Å². The molecule has 14 heteroatoms. The lowest BCUT2D eigenvalue weighted by Crippen LogP contribution is -2.54. The fraction of sp³-hybridized carbons (Fsp3) is 0.286. The molecule has 0 saturated heterocycles. The Morgan fingerprint density at radius 3 is 2.63 bits per heavy atom.